The van der Waals surface area contributed by atoms with Crippen molar-refractivity contribution in [1.29, 1.82) is 0 Å². The molecule has 0 atom stereocenters. The van der Waals surface area contributed by atoms with Crippen LogP contribution in [0.15, 0.2) is 77.2 Å². The van der Waals surface area contributed by atoms with Crippen LogP contribution < -0.4 is 10.1 Å². The zero-order valence-electron chi connectivity index (χ0n) is 19.5. The Morgan fingerprint density at radius 3 is 2.66 bits per heavy atom. The number of ether oxygens (including phenoxy) is 1. The van der Waals surface area contributed by atoms with Gasteiger partial charge >= 0.3 is 0 Å². The topological polar surface area (TPSA) is 74.9 Å². The van der Waals surface area contributed by atoms with Crippen molar-refractivity contribution in [2.24, 2.45) is 0 Å². The Bertz CT molecular complexity index is 1360. The van der Waals surface area contributed by atoms with Gasteiger partial charge in [0.25, 0.3) is 5.91 Å². The van der Waals surface area contributed by atoms with Gasteiger partial charge in [0.2, 0.25) is 0 Å². The molecule has 4 aromatic rings. The Morgan fingerprint density at radius 1 is 1.09 bits per heavy atom. The summed E-state index contributed by atoms with van der Waals surface area (Å²) < 4.78 is 24.5. The molecule has 2 N–H and O–H groups in total. The molecule has 0 radical (unpaired) electrons. The van der Waals surface area contributed by atoms with Crippen molar-refractivity contribution < 1.29 is 23.4 Å². The minimum absolute atomic E-state index is 0.181. The number of nitrogens with one attached hydrogen (secondary N) is 1. The standard InChI is InChI=1S/C28H27FN2O4/c1-34-25-8-3-2-7-23(25)30-27(32)26-17-20-16-21(9-10-24(20)35-26)28(33)11-13-31(14-12-28)18-19-5-4-6-22(29)15-19/h2-10,15-17,33H,11-14,18H2,1H3,(H,30,32). The van der Waals surface area contributed by atoms with Gasteiger partial charge in [0.1, 0.15) is 17.1 Å². The molecular weight excluding hydrogens is 447 g/mol. The number of rotatable bonds is 6. The highest BCUT2D eigenvalue weighted by atomic mass is 19.1. The zero-order valence-corrected chi connectivity index (χ0v) is 19.5. The average molecular weight is 475 g/mol. The summed E-state index contributed by atoms with van der Waals surface area (Å²) in [6.45, 7) is 2.05. The first-order valence-corrected chi connectivity index (χ1v) is 11.6. The molecule has 1 saturated heterocycles. The number of nitrogens with zero attached hydrogens (tertiary/aromatic N) is 1. The lowest BCUT2D eigenvalue weighted by Gasteiger charge is -2.38. The van der Waals surface area contributed by atoms with Crippen LogP contribution in [-0.2, 0) is 12.1 Å². The maximum atomic E-state index is 13.5. The third kappa shape index (κ3) is 4.92. The third-order valence-electron chi connectivity index (χ3n) is 6.61. The van der Waals surface area contributed by atoms with Crippen molar-refractivity contribution in [2.75, 3.05) is 25.5 Å². The van der Waals surface area contributed by atoms with E-state index < -0.39 is 5.60 Å². The first-order chi connectivity index (χ1) is 16.9. The van der Waals surface area contributed by atoms with Crippen LogP contribution in [0.5, 0.6) is 5.75 Å². The zero-order chi connectivity index (χ0) is 24.4. The van der Waals surface area contributed by atoms with Gasteiger partial charge in [-0.2, -0.15) is 0 Å². The minimum atomic E-state index is -0.969. The normalized spacial score (nSPS) is 15.7. The van der Waals surface area contributed by atoms with Crippen LogP contribution in [0, 0.1) is 5.82 Å². The van der Waals surface area contributed by atoms with Gasteiger partial charge in [-0.3, -0.25) is 9.69 Å². The van der Waals surface area contributed by atoms with E-state index >= 15 is 0 Å². The predicted octanol–water partition coefficient (Wildman–Crippen LogP) is 5.32. The van der Waals surface area contributed by atoms with E-state index in [1.807, 2.05) is 30.3 Å². The van der Waals surface area contributed by atoms with Gasteiger partial charge in [-0.25, -0.2) is 4.39 Å². The molecule has 5 rings (SSSR count). The number of carbonyl (C=O) groups excluding carboxylic acids is 1. The molecule has 2 heterocycles. The second-order valence-corrected chi connectivity index (χ2v) is 8.96. The van der Waals surface area contributed by atoms with Crippen molar-refractivity contribution in [1.82, 2.24) is 4.90 Å². The summed E-state index contributed by atoms with van der Waals surface area (Å²) in [6.07, 6.45) is 1.12. The van der Waals surface area contributed by atoms with Crippen molar-refractivity contribution in [3.63, 3.8) is 0 Å². The molecule has 1 amide bonds. The maximum Gasteiger partial charge on any atom is 0.291 e. The van der Waals surface area contributed by atoms with Gasteiger partial charge in [-0.05, 0) is 66.4 Å². The Labute approximate surface area is 202 Å². The number of furan rings is 1. The number of benzene rings is 3. The fourth-order valence-electron chi connectivity index (χ4n) is 4.64. The van der Waals surface area contributed by atoms with Crippen LogP contribution in [0.4, 0.5) is 10.1 Å². The molecule has 0 spiro atoms. The second-order valence-electron chi connectivity index (χ2n) is 8.96. The second kappa shape index (κ2) is 9.52. The van der Waals surface area contributed by atoms with Crippen LogP contribution in [0.25, 0.3) is 11.0 Å². The Hall–Kier alpha value is -3.68. The van der Waals surface area contributed by atoms with E-state index in [0.717, 1.165) is 16.5 Å². The number of hydrogen-bond donors (Lipinski definition) is 2. The number of methoxy groups -OCH3 is 1. The molecule has 7 heteroatoms. The summed E-state index contributed by atoms with van der Waals surface area (Å²) in [5.74, 6) is 0.127. The monoisotopic (exact) mass is 474 g/mol. The molecule has 0 unspecified atom stereocenters. The highest BCUT2D eigenvalue weighted by Crippen LogP contribution is 2.35. The van der Waals surface area contributed by atoms with Crippen molar-refractivity contribution in [2.45, 2.75) is 25.0 Å². The molecule has 1 fully saturated rings. The fourth-order valence-corrected chi connectivity index (χ4v) is 4.64. The Morgan fingerprint density at radius 2 is 1.89 bits per heavy atom. The first-order valence-electron chi connectivity index (χ1n) is 11.6. The number of hydrogen-bond acceptors (Lipinski definition) is 5. The molecular formula is C28H27FN2O4. The molecule has 1 aliphatic heterocycles. The SMILES string of the molecule is COc1ccccc1NC(=O)c1cc2cc(C3(O)CCN(Cc4cccc(F)c4)CC3)ccc2o1. The lowest BCUT2D eigenvalue weighted by atomic mass is 9.84. The molecule has 0 saturated carbocycles. The van der Waals surface area contributed by atoms with Gasteiger partial charge in [0.05, 0.1) is 18.4 Å². The van der Waals surface area contributed by atoms with Crippen LogP contribution in [0.1, 0.15) is 34.5 Å². The number of fused-ring (bicyclic) bond motifs is 1. The quantitative estimate of drug-likeness (QED) is 0.396. The van der Waals surface area contributed by atoms with Gasteiger partial charge in [-0.15, -0.1) is 0 Å². The van der Waals surface area contributed by atoms with E-state index in [-0.39, 0.29) is 17.5 Å². The molecule has 0 aliphatic carbocycles. The number of para-hydroxylation sites is 2. The highest BCUT2D eigenvalue weighted by molar-refractivity contribution is 6.05. The van der Waals surface area contributed by atoms with Crippen LogP contribution in [0.3, 0.4) is 0 Å². The summed E-state index contributed by atoms with van der Waals surface area (Å²) >= 11 is 0. The average Bonchev–Trinajstić information content (AvgIpc) is 3.30. The van der Waals surface area contributed by atoms with E-state index in [1.54, 1.807) is 43.5 Å². The number of halogens is 1. The molecule has 180 valence electrons. The summed E-state index contributed by atoms with van der Waals surface area (Å²) in [5.41, 5.74) is 1.89. The maximum absolute atomic E-state index is 13.5. The van der Waals surface area contributed by atoms with Crippen LogP contribution in [0.2, 0.25) is 0 Å². The number of piperidine rings is 1. The first kappa shape index (κ1) is 23.1. The fraction of sp³-hybridized carbons (Fsp3) is 0.250. The summed E-state index contributed by atoms with van der Waals surface area (Å²) in [4.78, 5) is 15.0. The molecule has 6 nitrogen and oxygen atoms in total. The van der Waals surface area contributed by atoms with Crippen molar-refractivity contribution >= 4 is 22.6 Å². The van der Waals surface area contributed by atoms with Crippen molar-refractivity contribution in [3.05, 3.63) is 95.5 Å². The highest BCUT2D eigenvalue weighted by Gasteiger charge is 2.34. The number of anilines is 1. The predicted molar refractivity (Wildman–Crippen MR) is 132 cm³/mol. The van der Waals surface area contributed by atoms with Crippen LogP contribution in [-0.4, -0.2) is 36.1 Å². The number of carbonyl (C=O) groups is 1. The van der Waals surface area contributed by atoms with Gasteiger partial charge in [0.15, 0.2) is 5.76 Å². The van der Waals surface area contributed by atoms with E-state index in [4.69, 9.17) is 9.15 Å². The Balaban J connectivity index is 1.28. The number of likely N-dealkylation sites (tertiary alicyclic amines) is 1. The van der Waals surface area contributed by atoms with E-state index in [1.165, 1.54) is 6.07 Å². The third-order valence-corrected chi connectivity index (χ3v) is 6.61. The molecule has 3 aromatic carbocycles. The smallest absolute Gasteiger partial charge is 0.291 e. The van der Waals surface area contributed by atoms with Gasteiger partial charge in [0, 0.05) is 25.0 Å². The van der Waals surface area contributed by atoms with Gasteiger partial charge in [-0.1, -0.05) is 30.3 Å². The minimum Gasteiger partial charge on any atom is -0.495 e. The lowest BCUT2D eigenvalue weighted by Crippen LogP contribution is -2.42. The molecule has 1 aliphatic rings. The largest absolute Gasteiger partial charge is 0.495 e. The summed E-state index contributed by atoms with van der Waals surface area (Å²) in [6, 6.07) is 21.0. The molecule has 0 bridgehead atoms. The Kier molecular flexibility index (Phi) is 6.28. The lowest BCUT2D eigenvalue weighted by molar-refractivity contribution is -0.0276. The summed E-state index contributed by atoms with van der Waals surface area (Å²) in [5, 5.41) is 15.0. The van der Waals surface area contributed by atoms with E-state index in [2.05, 4.69) is 10.2 Å². The number of aliphatic hydroxyl groups is 1. The molecule has 1 aromatic heterocycles. The van der Waals surface area contributed by atoms with Gasteiger partial charge < -0.3 is 19.6 Å². The van der Waals surface area contributed by atoms with E-state index in [9.17, 15) is 14.3 Å². The van der Waals surface area contributed by atoms with Crippen molar-refractivity contribution in [3.8, 4) is 5.75 Å². The van der Waals surface area contributed by atoms with Crippen LogP contribution >= 0.6 is 0 Å². The summed E-state index contributed by atoms with van der Waals surface area (Å²) in [7, 11) is 1.55. The number of amides is 1. The molecule has 35 heavy (non-hydrogen) atoms. The van der Waals surface area contributed by atoms with E-state index in [0.29, 0.717) is 49.5 Å².